The molecule has 0 saturated carbocycles. The minimum Gasteiger partial charge on any atom is -0.444 e. The molecule has 3 rings (SSSR count). The highest BCUT2D eigenvalue weighted by Gasteiger charge is 2.34. The Morgan fingerprint density at radius 2 is 1.79 bits per heavy atom. The van der Waals surface area contributed by atoms with E-state index in [2.05, 4.69) is 5.32 Å². The second-order valence-electron chi connectivity index (χ2n) is 6.57. The highest BCUT2D eigenvalue weighted by molar-refractivity contribution is 7.86. The third kappa shape index (κ3) is 5.54. The molecule has 0 bridgehead atoms. The van der Waals surface area contributed by atoms with Gasteiger partial charge in [0.25, 0.3) is 10.1 Å². The van der Waals surface area contributed by atoms with Crippen molar-refractivity contribution in [1.29, 1.82) is 0 Å². The lowest BCUT2D eigenvalue weighted by Crippen LogP contribution is -2.36. The van der Waals surface area contributed by atoms with E-state index in [0.717, 1.165) is 11.1 Å². The lowest BCUT2D eigenvalue weighted by molar-refractivity contribution is 0.0635. The molecular formula is C20H23NO6S. The molecule has 2 atom stereocenters. The number of cyclic esters (lactones) is 1. The molecule has 0 radical (unpaired) electrons. The zero-order valence-corrected chi connectivity index (χ0v) is 16.4. The van der Waals surface area contributed by atoms with E-state index in [-0.39, 0.29) is 30.6 Å². The molecule has 7 nitrogen and oxygen atoms in total. The van der Waals surface area contributed by atoms with Gasteiger partial charge in [-0.2, -0.15) is 8.42 Å². The number of rotatable bonds is 9. The van der Waals surface area contributed by atoms with Gasteiger partial charge in [-0.05, 0) is 24.6 Å². The smallest absolute Gasteiger partial charge is 0.407 e. The first kappa shape index (κ1) is 20.3. The predicted octanol–water partition coefficient (Wildman–Crippen LogP) is 2.78. The van der Waals surface area contributed by atoms with E-state index in [1.165, 1.54) is 12.1 Å². The molecule has 1 aliphatic heterocycles. The number of amides is 1. The fourth-order valence-electron chi connectivity index (χ4n) is 2.83. The second-order valence-corrected chi connectivity index (χ2v) is 8.19. The monoisotopic (exact) mass is 405 g/mol. The number of aryl methyl sites for hydroxylation is 1. The summed E-state index contributed by atoms with van der Waals surface area (Å²) in [4.78, 5) is 11.7. The van der Waals surface area contributed by atoms with Gasteiger partial charge in [0.15, 0.2) is 0 Å². The van der Waals surface area contributed by atoms with Gasteiger partial charge in [-0.1, -0.05) is 48.0 Å². The Balaban J connectivity index is 1.48. The summed E-state index contributed by atoms with van der Waals surface area (Å²) < 4.78 is 40.4. The van der Waals surface area contributed by atoms with Crippen molar-refractivity contribution in [2.24, 2.45) is 0 Å². The van der Waals surface area contributed by atoms with Crippen LogP contribution in [0.1, 0.15) is 17.5 Å². The SMILES string of the molecule is Cc1ccc(S(=O)(=O)OCC[C@@H]2OC(=O)N[C@H]2COCc2ccccc2)cc1. The number of ether oxygens (including phenoxy) is 2. The molecule has 1 N–H and O–H groups in total. The summed E-state index contributed by atoms with van der Waals surface area (Å²) in [6, 6.07) is 15.7. The minimum atomic E-state index is -3.84. The van der Waals surface area contributed by atoms with Crippen LogP contribution in [0.25, 0.3) is 0 Å². The molecule has 0 aromatic heterocycles. The fourth-order valence-corrected chi connectivity index (χ4v) is 3.75. The average Bonchev–Trinajstić information content (AvgIpc) is 3.02. The number of nitrogens with one attached hydrogen (secondary N) is 1. The Kier molecular flexibility index (Phi) is 6.66. The quantitative estimate of drug-likeness (QED) is 0.645. The molecule has 1 amide bonds. The van der Waals surface area contributed by atoms with Crippen LogP contribution < -0.4 is 5.32 Å². The summed E-state index contributed by atoms with van der Waals surface area (Å²) in [5.41, 5.74) is 1.98. The van der Waals surface area contributed by atoms with E-state index in [4.69, 9.17) is 13.7 Å². The van der Waals surface area contributed by atoms with Gasteiger partial charge in [-0.15, -0.1) is 0 Å². The lowest BCUT2D eigenvalue weighted by Gasteiger charge is -2.17. The van der Waals surface area contributed by atoms with Gasteiger partial charge >= 0.3 is 6.09 Å². The molecule has 150 valence electrons. The number of hydrogen-bond donors (Lipinski definition) is 1. The van der Waals surface area contributed by atoms with E-state index in [1.54, 1.807) is 12.1 Å². The van der Waals surface area contributed by atoms with Gasteiger partial charge in [0.2, 0.25) is 0 Å². The Hall–Kier alpha value is -2.42. The summed E-state index contributed by atoms with van der Waals surface area (Å²) in [6.07, 6.45) is -0.820. The summed E-state index contributed by atoms with van der Waals surface area (Å²) in [6.45, 7) is 2.46. The third-order valence-electron chi connectivity index (χ3n) is 4.37. The van der Waals surface area contributed by atoms with E-state index in [9.17, 15) is 13.2 Å². The van der Waals surface area contributed by atoms with Crippen LogP contribution >= 0.6 is 0 Å². The van der Waals surface area contributed by atoms with E-state index in [1.807, 2.05) is 37.3 Å². The van der Waals surface area contributed by atoms with Crippen molar-refractivity contribution in [2.75, 3.05) is 13.2 Å². The average molecular weight is 405 g/mol. The Labute approximate surface area is 164 Å². The standard InChI is InChI=1S/C20H23NO6S/c1-15-7-9-17(10-8-15)28(23,24)26-12-11-19-18(21-20(22)27-19)14-25-13-16-5-3-2-4-6-16/h2-10,18-19H,11-14H2,1H3,(H,21,22)/t18-,19-/m0/s1. The minimum absolute atomic E-state index is 0.0922. The van der Waals surface area contributed by atoms with E-state index < -0.39 is 22.3 Å². The first-order valence-electron chi connectivity index (χ1n) is 8.99. The van der Waals surface area contributed by atoms with Crippen LogP contribution in [-0.2, 0) is 30.4 Å². The van der Waals surface area contributed by atoms with Crippen molar-refractivity contribution in [3.05, 3.63) is 65.7 Å². The van der Waals surface area contributed by atoms with E-state index >= 15 is 0 Å². The Bertz CT molecular complexity index is 883. The fraction of sp³-hybridized carbons (Fsp3) is 0.350. The van der Waals surface area contributed by atoms with Crippen LogP contribution in [0.2, 0.25) is 0 Å². The van der Waals surface area contributed by atoms with Gasteiger partial charge in [0, 0.05) is 6.42 Å². The maximum absolute atomic E-state index is 12.2. The van der Waals surface area contributed by atoms with Gasteiger partial charge in [-0.3, -0.25) is 4.18 Å². The van der Waals surface area contributed by atoms with Gasteiger partial charge in [-0.25, -0.2) is 4.79 Å². The van der Waals surface area contributed by atoms with Crippen LogP contribution in [0.5, 0.6) is 0 Å². The molecule has 1 aliphatic rings. The van der Waals surface area contributed by atoms with E-state index in [0.29, 0.717) is 6.61 Å². The molecule has 0 spiro atoms. The predicted molar refractivity (Wildman–Crippen MR) is 102 cm³/mol. The van der Waals surface area contributed by atoms with Crippen LogP contribution in [0.4, 0.5) is 4.79 Å². The maximum Gasteiger partial charge on any atom is 0.407 e. The number of hydrogen-bond acceptors (Lipinski definition) is 6. The highest BCUT2D eigenvalue weighted by Crippen LogP contribution is 2.17. The summed E-state index contributed by atoms with van der Waals surface area (Å²) in [5.74, 6) is 0. The molecule has 1 fully saturated rings. The Morgan fingerprint density at radius 1 is 1.07 bits per heavy atom. The molecule has 1 heterocycles. The van der Waals surface area contributed by atoms with Crippen LogP contribution in [0, 0.1) is 6.92 Å². The third-order valence-corrected chi connectivity index (χ3v) is 5.70. The number of carbonyl (C=O) groups is 1. The second kappa shape index (κ2) is 9.18. The van der Waals surface area contributed by atoms with Crippen molar-refractivity contribution in [2.45, 2.75) is 37.0 Å². The van der Waals surface area contributed by atoms with Crippen molar-refractivity contribution in [1.82, 2.24) is 5.32 Å². The summed E-state index contributed by atoms with van der Waals surface area (Å²) in [5, 5.41) is 2.68. The molecule has 2 aromatic carbocycles. The zero-order valence-electron chi connectivity index (χ0n) is 15.5. The zero-order chi connectivity index (χ0) is 20.0. The molecule has 8 heteroatoms. The van der Waals surface area contributed by atoms with Gasteiger partial charge < -0.3 is 14.8 Å². The first-order valence-corrected chi connectivity index (χ1v) is 10.4. The summed E-state index contributed by atoms with van der Waals surface area (Å²) in [7, 11) is -3.84. The highest BCUT2D eigenvalue weighted by atomic mass is 32.2. The van der Waals surface area contributed by atoms with Crippen molar-refractivity contribution in [3.63, 3.8) is 0 Å². The molecule has 28 heavy (non-hydrogen) atoms. The largest absolute Gasteiger partial charge is 0.444 e. The van der Waals surface area contributed by atoms with Crippen molar-refractivity contribution >= 4 is 16.2 Å². The normalized spacial score (nSPS) is 19.2. The molecule has 0 aliphatic carbocycles. The summed E-state index contributed by atoms with van der Waals surface area (Å²) >= 11 is 0. The van der Waals surface area contributed by atoms with Crippen LogP contribution in [0.15, 0.2) is 59.5 Å². The van der Waals surface area contributed by atoms with Crippen LogP contribution in [0.3, 0.4) is 0 Å². The first-order chi connectivity index (χ1) is 13.4. The lowest BCUT2D eigenvalue weighted by atomic mass is 10.1. The molecule has 2 aromatic rings. The number of alkyl carbamates (subject to hydrolysis) is 1. The number of carbonyl (C=O) groups excluding carboxylic acids is 1. The maximum atomic E-state index is 12.2. The molecule has 0 unspecified atom stereocenters. The van der Waals surface area contributed by atoms with Crippen molar-refractivity contribution < 1.29 is 26.9 Å². The van der Waals surface area contributed by atoms with Crippen LogP contribution in [-0.4, -0.2) is 39.9 Å². The van der Waals surface area contributed by atoms with Gasteiger partial charge in [0.05, 0.1) is 30.8 Å². The molecular weight excluding hydrogens is 382 g/mol. The van der Waals surface area contributed by atoms with Crippen molar-refractivity contribution in [3.8, 4) is 0 Å². The Morgan fingerprint density at radius 3 is 2.50 bits per heavy atom. The number of benzene rings is 2. The molecule has 1 saturated heterocycles. The van der Waals surface area contributed by atoms with Gasteiger partial charge in [0.1, 0.15) is 6.10 Å². The topological polar surface area (TPSA) is 90.9 Å².